The van der Waals surface area contributed by atoms with Gasteiger partial charge >= 0.3 is 0 Å². The quantitative estimate of drug-likeness (QED) is 0.504. The number of rotatable bonds is 10. The van der Waals surface area contributed by atoms with Crippen molar-refractivity contribution in [1.29, 1.82) is 0 Å². The van der Waals surface area contributed by atoms with Crippen molar-refractivity contribution in [3.05, 3.63) is 72.8 Å². The number of fused-ring (bicyclic) bond motifs is 1. The zero-order valence-electron chi connectivity index (χ0n) is 17.0. The molecule has 0 fully saturated rings. The molecule has 0 bridgehead atoms. The molecule has 0 atom stereocenters. The Morgan fingerprint density at radius 3 is 2.43 bits per heavy atom. The van der Waals surface area contributed by atoms with Crippen molar-refractivity contribution in [2.24, 2.45) is 0 Å². The molecule has 1 amide bonds. The summed E-state index contributed by atoms with van der Waals surface area (Å²) in [5.41, 5.74) is 0. The summed E-state index contributed by atoms with van der Waals surface area (Å²) in [5.74, 6) is 0.637. The summed E-state index contributed by atoms with van der Waals surface area (Å²) in [4.78, 5) is 12.2. The minimum Gasteiger partial charge on any atom is -0.492 e. The van der Waals surface area contributed by atoms with Crippen LogP contribution in [0.2, 0.25) is 0 Å². The minimum absolute atomic E-state index is 0.123. The SMILES string of the molecule is CN(CCCC(=O)NCCOc1ccc2ccccc2c1)S(=O)(=O)c1ccccc1. The Labute approximate surface area is 177 Å². The van der Waals surface area contributed by atoms with Crippen molar-refractivity contribution in [3.63, 3.8) is 0 Å². The molecule has 0 saturated heterocycles. The number of nitrogens with zero attached hydrogens (tertiary/aromatic N) is 1. The van der Waals surface area contributed by atoms with Crippen LogP contribution in [0, 0.1) is 0 Å². The molecule has 0 radical (unpaired) electrons. The van der Waals surface area contributed by atoms with Crippen LogP contribution in [0.1, 0.15) is 12.8 Å². The summed E-state index contributed by atoms with van der Waals surface area (Å²) in [6, 6.07) is 22.2. The number of ether oxygens (including phenoxy) is 1. The predicted molar refractivity (Wildman–Crippen MR) is 118 cm³/mol. The van der Waals surface area contributed by atoms with Crippen molar-refractivity contribution in [2.75, 3.05) is 26.7 Å². The summed E-state index contributed by atoms with van der Waals surface area (Å²) < 4.78 is 31.9. The fourth-order valence-electron chi connectivity index (χ4n) is 3.06. The van der Waals surface area contributed by atoms with Crippen LogP contribution in [0.5, 0.6) is 5.75 Å². The fraction of sp³-hybridized carbons (Fsp3) is 0.261. The maximum atomic E-state index is 12.4. The summed E-state index contributed by atoms with van der Waals surface area (Å²) in [7, 11) is -2.00. The predicted octanol–water partition coefficient (Wildman–Crippen LogP) is 3.44. The third kappa shape index (κ3) is 5.81. The molecule has 0 aliphatic carbocycles. The van der Waals surface area contributed by atoms with Gasteiger partial charge in [-0.2, -0.15) is 0 Å². The number of benzene rings is 3. The monoisotopic (exact) mass is 426 g/mol. The third-order valence-electron chi connectivity index (χ3n) is 4.74. The number of carbonyl (C=O) groups excluding carboxylic acids is 1. The first-order valence-corrected chi connectivity index (χ1v) is 11.3. The van der Waals surface area contributed by atoms with Crippen LogP contribution in [-0.2, 0) is 14.8 Å². The Morgan fingerprint density at radius 1 is 0.967 bits per heavy atom. The molecule has 3 aromatic carbocycles. The first-order valence-electron chi connectivity index (χ1n) is 9.86. The average molecular weight is 427 g/mol. The second-order valence-corrected chi connectivity index (χ2v) is 9.00. The molecule has 0 saturated carbocycles. The molecule has 3 aromatic rings. The number of hydrogen-bond acceptors (Lipinski definition) is 4. The lowest BCUT2D eigenvalue weighted by molar-refractivity contribution is -0.121. The van der Waals surface area contributed by atoms with Crippen LogP contribution in [0.4, 0.5) is 0 Å². The molecule has 0 aromatic heterocycles. The first kappa shape index (κ1) is 21.8. The van der Waals surface area contributed by atoms with Crippen LogP contribution in [0.15, 0.2) is 77.7 Å². The van der Waals surface area contributed by atoms with Gasteiger partial charge in [0, 0.05) is 20.0 Å². The van der Waals surface area contributed by atoms with E-state index in [4.69, 9.17) is 4.74 Å². The molecule has 0 heterocycles. The lowest BCUT2D eigenvalue weighted by Crippen LogP contribution is -2.31. The van der Waals surface area contributed by atoms with Gasteiger partial charge in [-0.15, -0.1) is 0 Å². The van der Waals surface area contributed by atoms with Gasteiger partial charge in [0.05, 0.1) is 11.4 Å². The highest BCUT2D eigenvalue weighted by molar-refractivity contribution is 7.89. The summed E-state index contributed by atoms with van der Waals surface area (Å²) in [6.07, 6.45) is 0.699. The van der Waals surface area contributed by atoms with Crippen molar-refractivity contribution in [2.45, 2.75) is 17.7 Å². The van der Waals surface area contributed by atoms with E-state index in [9.17, 15) is 13.2 Å². The number of sulfonamides is 1. The first-order chi connectivity index (χ1) is 14.5. The fourth-order valence-corrected chi connectivity index (χ4v) is 4.29. The lowest BCUT2D eigenvalue weighted by Gasteiger charge is -2.17. The standard InChI is InChI=1S/C23H26N2O4S/c1-25(30(27,28)22-10-3-2-4-11-22)16-7-12-23(26)24-15-17-29-21-14-13-19-8-5-6-9-20(19)18-21/h2-6,8-11,13-14,18H,7,12,15-17H2,1H3,(H,24,26). The van der Waals surface area contributed by atoms with Crippen molar-refractivity contribution < 1.29 is 17.9 Å². The Bertz CT molecular complexity index is 1080. The van der Waals surface area contributed by atoms with Gasteiger partial charge < -0.3 is 10.1 Å². The third-order valence-corrected chi connectivity index (χ3v) is 6.61. The molecule has 0 spiro atoms. The van der Waals surface area contributed by atoms with E-state index in [0.29, 0.717) is 19.6 Å². The van der Waals surface area contributed by atoms with Gasteiger partial charge in [-0.1, -0.05) is 48.5 Å². The molecule has 0 unspecified atom stereocenters. The van der Waals surface area contributed by atoms with Crippen molar-refractivity contribution >= 4 is 26.7 Å². The zero-order chi connectivity index (χ0) is 21.4. The Hall–Kier alpha value is -2.90. The lowest BCUT2D eigenvalue weighted by atomic mass is 10.1. The maximum absolute atomic E-state index is 12.4. The Balaban J connectivity index is 1.35. The van der Waals surface area contributed by atoms with Crippen LogP contribution in [0.3, 0.4) is 0 Å². The van der Waals surface area contributed by atoms with E-state index < -0.39 is 10.0 Å². The van der Waals surface area contributed by atoms with Crippen LogP contribution in [-0.4, -0.2) is 45.4 Å². The van der Waals surface area contributed by atoms with Crippen LogP contribution >= 0.6 is 0 Å². The zero-order valence-corrected chi connectivity index (χ0v) is 17.8. The number of nitrogens with one attached hydrogen (secondary N) is 1. The number of carbonyl (C=O) groups is 1. The molecule has 158 valence electrons. The van der Waals surface area contributed by atoms with Crippen molar-refractivity contribution in [3.8, 4) is 5.75 Å². The van der Waals surface area contributed by atoms with Gasteiger partial charge in [-0.05, 0) is 41.5 Å². The van der Waals surface area contributed by atoms with E-state index in [1.54, 1.807) is 30.3 Å². The van der Waals surface area contributed by atoms with E-state index in [0.717, 1.165) is 16.5 Å². The largest absolute Gasteiger partial charge is 0.492 e. The van der Waals surface area contributed by atoms with E-state index in [1.807, 2.05) is 42.5 Å². The summed E-state index contributed by atoms with van der Waals surface area (Å²) in [5, 5.41) is 5.06. The molecular weight excluding hydrogens is 400 g/mol. The Morgan fingerprint density at radius 2 is 1.67 bits per heavy atom. The number of hydrogen-bond donors (Lipinski definition) is 1. The molecular formula is C23H26N2O4S. The van der Waals surface area contributed by atoms with E-state index in [1.165, 1.54) is 11.4 Å². The molecule has 7 heteroatoms. The highest BCUT2D eigenvalue weighted by atomic mass is 32.2. The summed E-state index contributed by atoms with van der Waals surface area (Å²) in [6.45, 7) is 1.04. The van der Waals surface area contributed by atoms with Gasteiger partial charge in [-0.25, -0.2) is 12.7 Å². The number of amides is 1. The van der Waals surface area contributed by atoms with E-state index in [2.05, 4.69) is 5.32 Å². The van der Waals surface area contributed by atoms with Crippen LogP contribution < -0.4 is 10.1 Å². The second-order valence-electron chi connectivity index (χ2n) is 6.95. The second kappa shape index (κ2) is 10.2. The molecule has 3 rings (SSSR count). The topological polar surface area (TPSA) is 75.7 Å². The minimum atomic E-state index is -3.52. The van der Waals surface area contributed by atoms with Gasteiger partial charge in [0.1, 0.15) is 12.4 Å². The highest BCUT2D eigenvalue weighted by Crippen LogP contribution is 2.20. The van der Waals surface area contributed by atoms with E-state index >= 15 is 0 Å². The molecule has 6 nitrogen and oxygen atoms in total. The molecule has 30 heavy (non-hydrogen) atoms. The Kier molecular flexibility index (Phi) is 7.43. The van der Waals surface area contributed by atoms with Crippen LogP contribution in [0.25, 0.3) is 10.8 Å². The van der Waals surface area contributed by atoms with Gasteiger partial charge in [0.25, 0.3) is 0 Å². The normalized spacial score (nSPS) is 11.5. The molecule has 0 aliphatic heterocycles. The summed E-state index contributed by atoms with van der Waals surface area (Å²) >= 11 is 0. The highest BCUT2D eigenvalue weighted by Gasteiger charge is 2.19. The smallest absolute Gasteiger partial charge is 0.242 e. The van der Waals surface area contributed by atoms with Gasteiger partial charge in [-0.3, -0.25) is 4.79 Å². The molecule has 0 aliphatic rings. The van der Waals surface area contributed by atoms with Gasteiger partial charge in [0.2, 0.25) is 15.9 Å². The average Bonchev–Trinajstić information content (AvgIpc) is 2.77. The van der Waals surface area contributed by atoms with Gasteiger partial charge in [0.15, 0.2) is 0 Å². The van der Waals surface area contributed by atoms with Crippen molar-refractivity contribution in [1.82, 2.24) is 9.62 Å². The molecule has 1 N–H and O–H groups in total. The van der Waals surface area contributed by atoms with E-state index in [-0.39, 0.29) is 23.8 Å². The maximum Gasteiger partial charge on any atom is 0.242 e.